The SMILES string of the molecule is C=C1C2=C(C(=O)C/C1=C\C(CC(C)(C)O)=C(/CO)C(CC)OC1CC(N)CC(C)O1)[C@@H](OC)CC=C2. The van der Waals surface area contributed by atoms with Gasteiger partial charge in [0.2, 0.25) is 0 Å². The number of hydrogen-bond acceptors (Lipinski definition) is 7. The van der Waals surface area contributed by atoms with Crippen LogP contribution in [0.3, 0.4) is 0 Å². The van der Waals surface area contributed by atoms with E-state index in [-0.39, 0.29) is 43.5 Å². The van der Waals surface area contributed by atoms with Gasteiger partial charge in [0.05, 0.1) is 30.5 Å². The third-order valence-corrected chi connectivity index (χ3v) is 7.04. The number of methoxy groups -OCH3 is 1. The molecule has 2 aliphatic carbocycles. The van der Waals surface area contributed by atoms with Crippen LogP contribution in [0.1, 0.15) is 66.2 Å². The second kappa shape index (κ2) is 12.1. The van der Waals surface area contributed by atoms with Gasteiger partial charge in [-0.2, -0.15) is 0 Å². The quantitative estimate of drug-likeness (QED) is 0.440. The molecule has 1 aliphatic heterocycles. The number of carbonyl (C=O) groups excluding carboxylic acids is 1. The Morgan fingerprint density at radius 3 is 2.69 bits per heavy atom. The highest BCUT2D eigenvalue weighted by atomic mass is 16.7. The number of carbonyl (C=O) groups is 1. The molecule has 5 atom stereocenters. The summed E-state index contributed by atoms with van der Waals surface area (Å²) in [5.41, 5.74) is 9.54. The smallest absolute Gasteiger partial charge is 0.166 e. The fourth-order valence-corrected chi connectivity index (χ4v) is 5.36. The molecule has 0 amide bonds. The van der Waals surface area contributed by atoms with Crippen LogP contribution in [0, 0.1) is 0 Å². The molecule has 7 nitrogen and oxygen atoms in total. The molecule has 4 N–H and O–H groups in total. The first kappa shape index (κ1) is 28.7. The second-order valence-corrected chi connectivity index (χ2v) is 10.8. The van der Waals surface area contributed by atoms with Crippen molar-refractivity contribution in [3.05, 3.63) is 58.2 Å². The van der Waals surface area contributed by atoms with Crippen molar-refractivity contribution >= 4 is 5.78 Å². The van der Waals surface area contributed by atoms with Crippen molar-refractivity contribution in [2.45, 2.75) is 102 Å². The van der Waals surface area contributed by atoms with Gasteiger partial charge < -0.3 is 30.2 Å². The Kier molecular flexibility index (Phi) is 9.66. The van der Waals surface area contributed by atoms with Crippen LogP contribution in [-0.4, -0.2) is 66.0 Å². The van der Waals surface area contributed by atoms with E-state index in [1.165, 1.54) is 0 Å². The molecule has 200 valence electrons. The molecule has 3 rings (SSSR count). The molecule has 0 aromatic rings. The minimum absolute atomic E-state index is 0.00528. The van der Waals surface area contributed by atoms with Crippen LogP contribution in [0.4, 0.5) is 0 Å². The first-order valence-electron chi connectivity index (χ1n) is 13.0. The van der Waals surface area contributed by atoms with Gasteiger partial charge in [-0.3, -0.25) is 4.79 Å². The minimum atomic E-state index is -1.04. The molecule has 1 fully saturated rings. The first-order valence-corrected chi connectivity index (χ1v) is 13.0. The Morgan fingerprint density at radius 2 is 2.11 bits per heavy atom. The lowest BCUT2D eigenvalue weighted by atomic mass is 9.77. The molecule has 0 aromatic carbocycles. The molecule has 36 heavy (non-hydrogen) atoms. The van der Waals surface area contributed by atoms with Crippen LogP contribution in [0.25, 0.3) is 0 Å². The number of rotatable bonds is 9. The topological polar surface area (TPSA) is 111 Å². The summed E-state index contributed by atoms with van der Waals surface area (Å²) in [6, 6.07) is -0.00528. The van der Waals surface area contributed by atoms with E-state index in [1.807, 2.05) is 32.1 Å². The van der Waals surface area contributed by atoms with Crippen molar-refractivity contribution < 1.29 is 29.2 Å². The molecule has 7 heteroatoms. The summed E-state index contributed by atoms with van der Waals surface area (Å²) in [6.07, 6.45) is 7.76. The van der Waals surface area contributed by atoms with Crippen molar-refractivity contribution in [1.29, 1.82) is 0 Å². The third-order valence-electron chi connectivity index (χ3n) is 7.04. The Hall–Kier alpha value is -1.87. The zero-order valence-electron chi connectivity index (χ0n) is 22.4. The summed E-state index contributed by atoms with van der Waals surface area (Å²) in [5, 5.41) is 21.2. The second-order valence-electron chi connectivity index (χ2n) is 10.8. The van der Waals surface area contributed by atoms with E-state index in [9.17, 15) is 15.0 Å². The van der Waals surface area contributed by atoms with Crippen LogP contribution < -0.4 is 5.73 Å². The minimum Gasteiger partial charge on any atom is -0.392 e. The largest absolute Gasteiger partial charge is 0.392 e. The normalized spacial score (nSPS) is 29.9. The average molecular weight is 502 g/mol. The molecule has 1 saturated heterocycles. The van der Waals surface area contributed by atoms with Gasteiger partial charge in [-0.1, -0.05) is 31.7 Å². The number of ether oxygens (including phenoxy) is 3. The van der Waals surface area contributed by atoms with Crippen molar-refractivity contribution in [2.75, 3.05) is 13.7 Å². The van der Waals surface area contributed by atoms with E-state index in [0.717, 1.165) is 28.7 Å². The van der Waals surface area contributed by atoms with Gasteiger partial charge in [0, 0.05) is 38.0 Å². The van der Waals surface area contributed by atoms with Crippen molar-refractivity contribution in [3.63, 3.8) is 0 Å². The zero-order chi connectivity index (χ0) is 26.6. The number of aliphatic hydroxyl groups is 2. The maximum atomic E-state index is 13.2. The zero-order valence-corrected chi connectivity index (χ0v) is 22.4. The summed E-state index contributed by atoms with van der Waals surface area (Å²) < 4.78 is 17.8. The van der Waals surface area contributed by atoms with E-state index < -0.39 is 18.0 Å². The molecule has 0 saturated carbocycles. The summed E-state index contributed by atoms with van der Waals surface area (Å²) in [6.45, 7) is 11.5. The highest BCUT2D eigenvalue weighted by Gasteiger charge is 2.34. The molecule has 0 spiro atoms. The van der Waals surface area contributed by atoms with Gasteiger partial charge in [0.25, 0.3) is 0 Å². The predicted molar refractivity (Wildman–Crippen MR) is 140 cm³/mol. The van der Waals surface area contributed by atoms with Crippen LogP contribution >= 0.6 is 0 Å². The van der Waals surface area contributed by atoms with Crippen LogP contribution in [0.15, 0.2) is 58.2 Å². The Labute approximate surface area is 215 Å². The van der Waals surface area contributed by atoms with Gasteiger partial charge in [-0.15, -0.1) is 0 Å². The lowest BCUT2D eigenvalue weighted by Gasteiger charge is -2.35. The third kappa shape index (κ3) is 6.91. The first-order chi connectivity index (χ1) is 17.0. The maximum Gasteiger partial charge on any atom is 0.166 e. The fourth-order valence-electron chi connectivity index (χ4n) is 5.36. The molecular weight excluding hydrogens is 458 g/mol. The van der Waals surface area contributed by atoms with Crippen molar-refractivity contribution in [2.24, 2.45) is 5.73 Å². The van der Waals surface area contributed by atoms with Gasteiger partial charge in [-0.05, 0) is 67.9 Å². The Morgan fingerprint density at radius 1 is 1.39 bits per heavy atom. The Bertz CT molecular complexity index is 957. The number of ketones is 1. The highest BCUT2D eigenvalue weighted by molar-refractivity contribution is 6.03. The average Bonchev–Trinajstić information content (AvgIpc) is 2.79. The number of allylic oxidation sites excluding steroid dienone is 5. The lowest BCUT2D eigenvalue weighted by molar-refractivity contribution is -0.208. The molecule has 3 aliphatic rings. The van der Waals surface area contributed by atoms with Gasteiger partial charge in [-0.25, -0.2) is 0 Å². The summed E-state index contributed by atoms with van der Waals surface area (Å²) in [5.74, 6) is 0.00915. The van der Waals surface area contributed by atoms with Crippen molar-refractivity contribution in [3.8, 4) is 0 Å². The number of nitrogens with two attached hydrogens (primary N) is 1. The molecule has 0 radical (unpaired) electrons. The van der Waals surface area contributed by atoms with Crippen LogP contribution in [-0.2, 0) is 19.0 Å². The summed E-state index contributed by atoms with van der Waals surface area (Å²) in [7, 11) is 1.61. The van der Waals surface area contributed by atoms with Gasteiger partial charge in [0.1, 0.15) is 0 Å². The van der Waals surface area contributed by atoms with E-state index in [0.29, 0.717) is 30.4 Å². The molecule has 0 bridgehead atoms. The number of hydrogen-bond donors (Lipinski definition) is 3. The van der Waals surface area contributed by atoms with E-state index in [4.69, 9.17) is 19.9 Å². The number of Topliss-reactive ketones (excluding diaryl/α,β-unsaturated/α-hetero) is 1. The van der Waals surface area contributed by atoms with Gasteiger partial charge >= 0.3 is 0 Å². The molecular formula is C29H43NO6. The van der Waals surface area contributed by atoms with Gasteiger partial charge in [0.15, 0.2) is 12.1 Å². The van der Waals surface area contributed by atoms with Crippen molar-refractivity contribution in [1.82, 2.24) is 0 Å². The summed E-state index contributed by atoms with van der Waals surface area (Å²) >= 11 is 0. The fraction of sp³-hybridized carbons (Fsp3) is 0.621. The maximum absolute atomic E-state index is 13.2. The number of aliphatic hydroxyl groups excluding tert-OH is 1. The Balaban J connectivity index is 2.01. The summed E-state index contributed by atoms with van der Waals surface area (Å²) in [4.78, 5) is 13.2. The molecule has 1 heterocycles. The van der Waals surface area contributed by atoms with E-state index >= 15 is 0 Å². The predicted octanol–water partition coefficient (Wildman–Crippen LogP) is 3.81. The lowest BCUT2D eigenvalue weighted by Crippen LogP contribution is -2.42. The van der Waals surface area contributed by atoms with E-state index in [1.54, 1.807) is 21.0 Å². The molecule has 4 unspecified atom stereocenters. The monoisotopic (exact) mass is 501 g/mol. The standard InChI is InChI=1S/C29H43NO6/c1-7-25(36-27-14-21(30)11-17(2)35-27)23(16-31)20(15-29(4,5)33)12-19-13-24(32)28-22(18(19)3)9-8-10-26(28)34-6/h8-9,12,17,21,25-27,31,33H,3,7,10-11,13-16,30H2,1-2,4-6H3/b19-12+,23-20-/t17?,21?,25?,26-,27?/m0/s1. The highest BCUT2D eigenvalue weighted by Crippen LogP contribution is 2.39. The van der Waals surface area contributed by atoms with Crippen LogP contribution in [0.2, 0.25) is 0 Å². The molecule has 0 aromatic heterocycles. The van der Waals surface area contributed by atoms with Crippen LogP contribution in [0.5, 0.6) is 0 Å². The van der Waals surface area contributed by atoms with E-state index in [2.05, 4.69) is 6.58 Å².